The molecular weight excluding hydrogens is 169 g/mol. The third kappa shape index (κ3) is 1.81. The molecule has 1 nitrogen and oxygen atoms in total. The number of rotatable bonds is 1. The SMILES string of the molecule is COC1=C(C(F)(F)F)C=CCC1. The zero-order valence-electron chi connectivity index (χ0n) is 6.61. The number of hydrogen-bond donors (Lipinski definition) is 0. The van der Waals surface area contributed by atoms with Gasteiger partial charge in [0.2, 0.25) is 0 Å². The zero-order chi connectivity index (χ0) is 9.19. The minimum absolute atomic E-state index is 0.0324. The van der Waals surface area contributed by atoms with Gasteiger partial charge in [0, 0.05) is 6.42 Å². The van der Waals surface area contributed by atoms with Crippen molar-refractivity contribution >= 4 is 0 Å². The van der Waals surface area contributed by atoms with Crippen LogP contribution in [-0.4, -0.2) is 13.3 Å². The highest BCUT2D eigenvalue weighted by molar-refractivity contribution is 5.30. The number of methoxy groups -OCH3 is 1. The maximum Gasteiger partial charge on any atom is 0.419 e. The second-order valence-corrected chi connectivity index (χ2v) is 2.48. The van der Waals surface area contributed by atoms with E-state index in [-0.39, 0.29) is 5.76 Å². The highest BCUT2D eigenvalue weighted by atomic mass is 19.4. The van der Waals surface area contributed by atoms with Crippen LogP contribution in [0.4, 0.5) is 13.2 Å². The number of halogens is 3. The molecule has 1 aliphatic carbocycles. The largest absolute Gasteiger partial charge is 0.500 e. The maximum atomic E-state index is 12.2. The molecule has 0 aromatic carbocycles. The summed E-state index contributed by atoms with van der Waals surface area (Å²) in [5, 5.41) is 0. The van der Waals surface area contributed by atoms with Crippen LogP contribution >= 0.6 is 0 Å². The van der Waals surface area contributed by atoms with Gasteiger partial charge in [0.25, 0.3) is 0 Å². The first-order valence-corrected chi connectivity index (χ1v) is 3.56. The van der Waals surface area contributed by atoms with Crippen molar-refractivity contribution in [2.45, 2.75) is 19.0 Å². The van der Waals surface area contributed by atoms with Crippen LogP contribution in [0.2, 0.25) is 0 Å². The van der Waals surface area contributed by atoms with E-state index in [9.17, 15) is 13.2 Å². The fourth-order valence-electron chi connectivity index (χ4n) is 1.11. The Balaban J connectivity index is 2.97. The van der Waals surface area contributed by atoms with Crippen molar-refractivity contribution in [3.05, 3.63) is 23.5 Å². The molecule has 0 saturated carbocycles. The monoisotopic (exact) mass is 178 g/mol. The van der Waals surface area contributed by atoms with E-state index in [1.807, 2.05) is 0 Å². The summed E-state index contributed by atoms with van der Waals surface area (Å²) >= 11 is 0. The Morgan fingerprint density at radius 2 is 2.08 bits per heavy atom. The molecule has 1 rings (SSSR count). The molecule has 4 heteroatoms. The maximum absolute atomic E-state index is 12.2. The first-order chi connectivity index (χ1) is 5.55. The molecule has 0 aliphatic heterocycles. The van der Waals surface area contributed by atoms with E-state index >= 15 is 0 Å². The molecule has 68 valence electrons. The van der Waals surface area contributed by atoms with E-state index in [2.05, 4.69) is 4.74 Å². The molecule has 0 fully saturated rings. The van der Waals surface area contributed by atoms with Crippen LogP contribution in [-0.2, 0) is 4.74 Å². The zero-order valence-corrected chi connectivity index (χ0v) is 6.61. The van der Waals surface area contributed by atoms with Crippen LogP contribution < -0.4 is 0 Å². The van der Waals surface area contributed by atoms with Crippen molar-refractivity contribution < 1.29 is 17.9 Å². The summed E-state index contributed by atoms with van der Waals surface area (Å²) in [5.74, 6) is 0.0324. The summed E-state index contributed by atoms with van der Waals surface area (Å²) in [4.78, 5) is 0. The predicted molar refractivity (Wildman–Crippen MR) is 38.5 cm³/mol. The fraction of sp³-hybridized carbons (Fsp3) is 0.500. The van der Waals surface area contributed by atoms with Gasteiger partial charge in [-0.3, -0.25) is 0 Å². The minimum atomic E-state index is -4.29. The van der Waals surface area contributed by atoms with Crippen molar-refractivity contribution in [1.82, 2.24) is 0 Å². The molecule has 0 aromatic heterocycles. The van der Waals surface area contributed by atoms with Gasteiger partial charge in [-0.15, -0.1) is 0 Å². The molecule has 0 saturated heterocycles. The molecule has 0 N–H and O–H groups in total. The number of allylic oxidation sites excluding steroid dienone is 4. The van der Waals surface area contributed by atoms with Crippen molar-refractivity contribution in [3.63, 3.8) is 0 Å². The predicted octanol–water partition coefficient (Wildman–Crippen LogP) is 2.80. The van der Waals surface area contributed by atoms with Gasteiger partial charge in [0.15, 0.2) is 0 Å². The molecule has 12 heavy (non-hydrogen) atoms. The van der Waals surface area contributed by atoms with E-state index < -0.39 is 11.7 Å². The minimum Gasteiger partial charge on any atom is -0.500 e. The summed E-state index contributed by atoms with van der Waals surface area (Å²) < 4.78 is 41.2. The molecule has 0 amide bonds. The second-order valence-electron chi connectivity index (χ2n) is 2.48. The second kappa shape index (κ2) is 3.21. The van der Waals surface area contributed by atoms with E-state index in [1.54, 1.807) is 0 Å². The summed E-state index contributed by atoms with van der Waals surface area (Å²) in [5.41, 5.74) is -0.656. The number of ether oxygens (including phenoxy) is 1. The Kier molecular flexibility index (Phi) is 2.45. The van der Waals surface area contributed by atoms with Crippen LogP contribution in [0.3, 0.4) is 0 Å². The molecule has 0 unspecified atom stereocenters. The summed E-state index contributed by atoms with van der Waals surface area (Å²) in [6.45, 7) is 0. The molecule has 0 bridgehead atoms. The third-order valence-electron chi connectivity index (χ3n) is 1.67. The summed E-state index contributed by atoms with van der Waals surface area (Å²) in [7, 11) is 1.26. The van der Waals surface area contributed by atoms with Crippen molar-refractivity contribution in [2.75, 3.05) is 7.11 Å². The van der Waals surface area contributed by atoms with E-state index in [1.165, 1.54) is 13.2 Å². The van der Waals surface area contributed by atoms with Gasteiger partial charge in [0.1, 0.15) is 5.76 Å². The highest BCUT2D eigenvalue weighted by Gasteiger charge is 2.35. The first kappa shape index (κ1) is 9.16. The lowest BCUT2D eigenvalue weighted by Gasteiger charge is -2.16. The van der Waals surface area contributed by atoms with Crippen molar-refractivity contribution in [3.8, 4) is 0 Å². The van der Waals surface area contributed by atoms with Crippen LogP contribution in [0.5, 0.6) is 0 Å². The Bertz CT molecular complexity index is 225. The van der Waals surface area contributed by atoms with Gasteiger partial charge >= 0.3 is 6.18 Å². The quantitative estimate of drug-likeness (QED) is 0.599. The van der Waals surface area contributed by atoms with Crippen LogP contribution in [0.25, 0.3) is 0 Å². The molecule has 0 atom stereocenters. The molecular formula is C8H9F3O. The summed E-state index contributed by atoms with van der Waals surface area (Å²) in [6, 6.07) is 0. The van der Waals surface area contributed by atoms with Gasteiger partial charge in [-0.2, -0.15) is 13.2 Å². The normalized spacial score (nSPS) is 18.3. The molecule has 1 aliphatic rings. The number of alkyl halides is 3. The average Bonchev–Trinajstić information content (AvgIpc) is 2.03. The van der Waals surface area contributed by atoms with Crippen molar-refractivity contribution in [2.24, 2.45) is 0 Å². The van der Waals surface area contributed by atoms with Crippen LogP contribution in [0.15, 0.2) is 23.5 Å². The fourth-order valence-corrected chi connectivity index (χ4v) is 1.11. The molecule has 0 heterocycles. The molecule has 0 aromatic rings. The Morgan fingerprint density at radius 3 is 2.50 bits per heavy atom. The lowest BCUT2D eigenvalue weighted by Crippen LogP contribution is -2.15. The van der Waals surface area contributed by atoms with Gasteiger partial charge in [0.05, 0.1) is 12.7 Å². The van der Waals surface area contributed by atoms with E-state index in [0.29, 0.717) is 12.8 Å². The van der Waals surface area contributed by atoms with Crippen LogP contribution in [0, 0.1) is 0 Å². The number of hydrogen-bond acceptors (Lipinski definition) is 1. The van der Waals surface area contributed by atoms with E-state index in [4.69, 9.17) is 0 Å². The lowest BCUT2D eigenvalue weighted by atomic mass is 10.0. The van der Waals surface area contributed by atoms with Gasteiger partial charge in [-0.05, 0) is 6.42 Å². The van der Waals surface area contributed by atoms with Gasteiger partial charge in [-0.25, -0.2) is 0 Å². The van der Waals surface area contributed by atoms with Gasteiger partial charge in [-0.1, -0.05) is 12.2 Å². The van der Waals surface area contributed by atoms with Crippen LogP contribution in [0.1, 0.15) is 12.8 Å². The van der Waals surface area contributed by atoms with Crippen molar-refractivity contribution in [1.29, 1.82) is 0 Å². The standard InChI is InChI=1S/C8H9F3O/c1-12-7-5-3-2-4-6(7)8(9,10)11/h2,4H,3,5H2,1H3. The summed E-state index contributed by atoms with van der Waals surface area (Å²) in [6.07, 6.45) is -0.763. The highest BCUT2D eigenvalue weighted by Crippen LogP contribution is 2.33. The smallest absolute Gasteiger partial charge is 0.419 e. The molecule has 0 radical (unpaired) electrons. The van der Waals surface area contributed by atoms with E-state index in [0.717, 1.165) is 6.08 Å². The van der Waals surface area contributed by atoms with Gasteiger partial charge < -0.3 is 4.74 Å². The Labute approximate surface area is 68.5 Å². The molecule has 0 spiro atoms. The lowest BCUT2D eigenvalue weighted by molar-refractivity contribution is -0.0918. The Morgan fingerprint density at radius 1 is 1.42 bits per heavy atom. The topological polar surface area (TPSA) is 9.23 Å². The first-order valence-electron chi connectivity index (χ1n) is 3.56. The average molecular weight is 178 g/mol. The third-order valence-corrected chi connectivity index (χ3v) is 1.67. The Hall–Kier alpha value is -0.930.